The molecule has 0 aromatic carbocycles. The van der Waals surface area contributed by atoms with E-state index >= 15 is 0 Å². The van der Waals surface area contributed by atoms with Crippen molar-refractivity contribution < 1.29 is 9.16 Å². The number of unbranched alkanes of at least 4 members (excludes halogenated alkanes) is 2. The normalized spacial score (nSPS) is 13.3. The molecule has 1 unspecified atom stereocenters. The summed E-state index contributed by atoms with van der Waals surface area (Å²) in [5.74, 6) is 0. The van der Waals surface area contributed by atoms with Crippen LogP contribution in [0.4, 0.5) is 0 Å². The van der Waals surface area contributed by atoms with Gasteiger partial charge in [-0.05, 0) is 25.4 Å². The van der Waals surface area contributed by atoms with Gasteiger partial charge >= 0.3 is 0 Å². The molecule has 1 atom stereocenters. The minimum atomic E-state index is -1.00. The molecule has 0 amide bonds. The summed E-state index contributed by atoms with van der Waals surface area (Å²) in [6, 6.07) is 2.64. The highest BCUT2D eigenvalue weighted by molar-refractivity contribution is 6.51. The lowest BCUT2D eigenvalue weighted by Gasteiger charge is -2.23. The molecule has 0 saturated heterocycles. The Morgan fingerprint density at radius 3 is 1.88 bits per heavy atom. The zero-order valence-corrected chi connectivity index (χ0v) is 12.8. The number of rotatable bonds is 11. The minimum absolute atomic E-state index is 0.0652. The van der Waals surface area contributed by atoms with E-state index in [1.165, 1.54) is 37.8 Å². The minimum Gasteiger partial charge on any atom is -0.396 e. The van der Waals surface area contributed by atoms with E-state index in [2.05, 4.69) is 20.8 Å². The van der Waals surface area contributed by atoms with Gasteiger partial charge in [0.15, 0.2) is 9.04 Å². The van der Waals surface area contributed by atoms with E-state index in [9.17, 15) is 0 Å². The summed E-state index contributed by atoms with van der Waals surface area (Å²) in [5.41, 5.74) is 0. The van der Waals surface area contributed by atoms with Crippen molar-refractivity contribution in [2.24, 2.45) is 0 Å². The van der Waals surface area contributed by atoms with Crippen LogP contribution >= 0.6 is 0 Å². The van der Waals surface area contributed by atoms with Crippen LogP contribution in [0.25, 0.3) is 0 Å². The van der Waals surface area contributed by atoms with E-state index in [1.807, 2.05) is 6.92 Å². The molecule has 0 N–H and O–H groups in total. The van der Waals surface area contributed by atoms with E-state index in [-0.39, 0.29) is 6.29 Å². The third kappa shape index (κ3) is 8.31. The van der Waals surface area contributed by atoms with Gasteiger partial charge in [-0.1, -0.05) is 46.5 Å². The summed E-state index contributed by atoms with van der Waals surface area (Å²) in [7, 11) is -1.00. The average Bonchev–Trinajstić information content (AvgIpc) is 2.31. The molecule has 0 radical (unpaired) electrons. The molecule has 0 aromatic heterocycles. The van der Waals surface area contributed by atoms with Crippen molar-refractivity contribution in [3.63, 3.8) is 0 Å². The van der Waals surface area contributed by atoms with Crippen molar-refractivity contribution in [1.82, 2.24) is 0 Å². The summed E-state index contributed by atoms with van der Waals surface area (Å²) < 4.78 is 11.8. The van der Waals surface area contributed by atoms with Crippen LogP contribution in [0.3, 0.4) is 0 Å². The van der Waals surface area contributed by atoms with Crippen LogP contribution < -0.4 is 0 Å². The van der Waals surface area contributed by atoms with Gasteiger partial charge in [0.05, 0.1) is 0 Å². The summed E-state index contributed by atoms with van der Waals surface area (Å²) in [5, 5.41) is 0. The van der Waals surface area contributed by atoms with Crippen LogP contribution in [0.15, 0.2) is 0 Å². The first-order valence-electron chi connectivity index (χ1n) is 7.05. The zero-order valence-electron chi connectivity index (χ0n) is 11.6. The Labute approximate surface area is 103 Å². The van der Waals surface area contributed by atoms with Gasteiger partial charge in [0.25, 0.3) is 0 Å². The Balaban J connectivity index is 3.94. The highest BCUT2D eigenvalue weighted by Crippen LogP contribution is 2.14. The maximum Gasteiger partial charge on any atom is 0.180 e. The Kier molecular flexibility index (Phi) is 11.7. The van der Waals surface area contributed by atoms with Gasteiger partial charge in [-0.2, -0.15) is 0 Å². The fourth-order valence-electron chi connectivity index (χ4n) is 1.80. The first-order chi connectivity index (χ1) is 7.78. The molecule has 2 nitrogen and oxygen atoms in total. The lowest BCUT2D eigenvalue weighted by Crippen LogP contribution is -2.27. The maximum absolute atomic E-state index is 6.16. The Morgan fingerprint density at radius 1 is 0.938 bits per heavy atom. The van der Waals surface area contributed by atoms with Crippen LogP contribution in [0.1, 0.15) is 59.8 Å². The largest absolute Gasteiger partial charge is 0.396 e. The lowest BCUT2D eigenvalue weighted by molar-refractivity contribution is -0.0799. The highest BCUT2D eigenvalue weighted by Gasteiger charge is 2.16. The van der Waals surface area contributed by atoms with Crippen molar-refractivity contribution >= 4 is 9.04 Å². The van der Waals surface area contributed by atoms with Crippen molar-refractivity contribution in [1.29, 1.82) is 0 Å². The maximum atomic E-state index is 6.16. The van der Waals surface area contributed by atoms with Crippen molar-refractivity contribution in [3.05, 3.63) is 0 Å². The molecular weight excluding hydrogens is 216 g/mol. The van der Waals surface area contributed by atoms with Crippen molar-refractivity contribution in [2.45, 2.75) is 78.2 Å². The quantitative estimate of drug-likeness (QED) is 0.404. The van der Waals surface area contributed by atoms with Gasteiger partial charge in [-0.15, -0.1) is 0 Å². The van der Waals surface area contributed by atoms with E-state index in [4.69, 9.17) is 9.16 Å². The summed E-state index contributed by atoms with van der Waals surface area (Å²) >= 11 is 0. The van der Waals surface area contributed by atoms with E-state index in [0.29, 0.717) is 0 Å². The van der Waals surface area contributed by atoms with Gasteiger partial charge in [0, 0.05) is 6.61 Å². The molecule has 0 aromatic rings. The third-order valence-electron chi connectivity index (χ3n) is 2.79. The van der Waals surface area contributed by atoms with Gasteiger partial charge in [0.1, 0.15) is 6.29 Å². The predicted molar refractivity (Wildman–Crippen MR) is 73.4 cm³/mol. The summed E-state index contributed by atoms with van der Waals surface area (Å²) in [4.78, 5) is 0. The van der Waals surface area contributed by atoms with E-state index < -0.39 is 9.04 Å². The highest BCUT2D eigenvalue weighted by atomic mass is 28.3. The van der Waals surface area contributed by atoms with Crippen LogP contribution in [-0.2, 0) is 9.16 Å². The molecule has 0 aliphatic rings. The Hall–Kier alpha value is 0.137. The first-order valence-corrected chi connectivity index (χ1v) is 9.15. The topological polar surface area (TPSA) is 18.5 Å². The molecule has 3 heteroatoms. The average molecular weight is 246 g/mol. The van der Waals surface area contributed by atoms with Gasteiger partial charge in [-0.3, -0.25) is 0 Å². The van der Waals surface area contributed by atoms with Gasteiger partial charge < -0.3 is 9.16 Å². The molecule has 0 rings (SSSR count). The molecule has 0 aliphatic carbocycles. The van der Waals surface area contributed by atoms with Gasteiger partial charge in [-0.25, -0.2) is 0 Å². The smallest absolute Gasteiger partial charge is 0.180 e. The van der Waals surface area contributed by atoms with Crippen LogP contribution in [-0.4, -0.2) is 21.9 Å². The molecule has 0 fully saturated rings. The Morgan fingerprint density at radius 2 is 1.50 bits per heavy atom. The zero-order chi connectivity index (χ0) is 12.2. The molecule has 0 heterocycles. The molecule has 0 aliphatic heterocycles. The molecule has 98 valence electrons. The van der Waals surface area contributed by atoms with Gasteiger partial charge in [0.2, 0.25) is 0 Å². The second-order valence-corrected chi connectivity index (χ2v) is 7.01. The lowest BCUT2D eigenvalue weighted by atomic mass is 10.4. The summed E-state index contributed by atoms with van der Waals surface area (Å²) in [6.07, 6.45) is 6.26. The number of hydrogen-bond donors (Lipinski definition) is 0. The second kappa shape index (κ2) is 11.6. The molecule has 0 saturated carbocycles. The second-order valence-electron chi connectivity index (χ2n) is 4.34. The van der Waals surface area contributed by atoms with Crippen LogP contribution in [0.2, 0.25) is 12.1 Å². The molecule has 16 heavy (non-hydrogen) atoms. The third-order valence-corrected chi connectivity index (χ3v) is 5.58. The molecule has 0 bridgehead atoms. The fraction of sp³-hybridized carbons (Fsp3) is 1.00. The van der Waals surface area contributed by atoms with Crippen molar-refractivity contribution in [3.8, 4) is 0 Å². The first kappa shape index (κ1) is 16.1. The molecular formula is C13H30O2Si. The number of hydrogen-bond acceptors (Lipinski definition) is 2. The molecule has 0 spiro atoms. The van der Waals surface area contributed by atoms with Crippen LogP contribution in [0.5, 0.6) is 0 Å². The van der Waals surface area contributed by atoms with E-state index in [1.54, 1.807) is 0 Å². The predicted octanol–water partition coefficient (Wildman–Crippen LogP) is 4.10. The van der Waals surface area contributed by atoms with Crippen molar-refractivity contribution in [2.75, 3.05) is 6.61 Å². The Bertz CT molecular complexity index is 134. The van der Waals surface area contributed by atoms with E-state index in [0.717, 1.165) is 13.0 Å². The SMILES string of the molecule is CCCC[SiH](CCCC)OC(CC)OCC. The van der Waals surface area contributed by atoms with Crippen LogP contribution in [0, 0.1) is 0 Å². The number of ether oxygens (including phenoxy) is 1. The fourth-order valence-corrected chi connectivity index (χ4v) is 4.79. The monoisotopic (exact) mass is 246 g/mol. The standard InChI is InChI=1S/C13H30O2Si/c1-5-9-11-16(12-10-6-2)15-13(7-3)14-8-4/h13,16H,5-12H2,1-4H3. The summed E-state index contributed by atoms with van der Waals surface area (Å²) in [6.45, 7) is 9.46.